The van der Waals surface area contributed by atoms with Crippen LogP contribution in [0.25, 0.3) is 0 Å². The number of amides is 1. The van der Waals surface area contributed by atoms with Crippen molar-refractivity contribution in [1.29, 1.82) is 0 Å². The Morgan fingerprint density at radius 2 is 2.05 bits per heavy atom. The zero-order valence-electron chi connectivity index (χ0n) is 12.2. The van der Waals surface area contributed by atoms with Crippen molar-refractivity contribution in [2.24, 2.45) is 5.73 Å². The summed E-state index contributed by atoms with van der Waals surface area (Å²) in [4.78, 5) is 15.4. The van der Waals surface area contributed by atoms with Crippen LogP contribution in [0.4, 0.5) is 4.39 Å². The molecule has 5 heteroatoms. The van der Waals surface area contributed by atoms with E-state index in [1.165, 1.54) is 12.1 Å². The first kappa shape index (κ1) is 15.5. The summed E-state index contributed by atoms with van der Waals surface area (Å²) in [6.45, 7) is 5.67. The fourth-order valence-corrected chi connectivity index (χ4v) is 2.41. The van der Waals surface area contributed by atoms with Crippen molar-refractivity contribution in [3.63, 3.8) is 0 Å². The molecular formula is C16H20FN3O. The van der Waals surface area contributed by atoms with Crippen molar-refractivity contribution in [3.05, 3.63) is 35.1 Å². The normalized spacial score (nSPS) is 15.5. The van der Waals surface area contributed by atoms with Gasteiger partial charge in [-0.15, -0.1) is 0 Å². The molecule has 1 amide bonds. The van der Waals surface area contributed by atoms with Crippen LogP contribution in [0.2, 0.25) is 0 Å². The first-order valence-corrected chi connectivity index (χ1v) is 7.05. The molecule has 1 aliphatic heterocycles. The molecular weight excluding hydrogens is 269 g/mol. The van der Waals surface area contributed by atoms with Crippen LogP contribution >= 0.6 is 0 Å². The zero-order valence-corrected chi connectivity index (χ0v) is 12.2. The Kier molecular flexibility index (Phi) is 5.32. The summed E-state index contributed by atoms with van der Waals surface area (Å²) in [5, 5.41) is 0. The predicted octanol–water partition coefficient (Wildman–Crippen LogP) is 0.800. The molecule has 0 unspecified atom stereocenters. The lowest BCUT2D eigenvalue weighted by atomic mass is 10.1. The second kappa shape index (κ2) is 7.21. The van der Waals surface area contributed by atoms with E-state index < -0.39 is 0 Å². The molecule has 0 spiro atoms. The Bertz CT molecular complexity index is 569. The topological polar surface area (TPSA) is 49.6 Å². The number of rotatable bonds is 2. The van der Waals surface area contributed by atoms with E-state index in [-0.39, 0.29) is 18.3 Å². The van der Waals surface area contributed by atoms with Gasteiger partial charge in [0.25, 0.3) is 0 Å². The molecule has 0 aromatic heterocycles. The van der Waals surface area contributed by atoms with E-state index in [1.807, 2.05) is 4.90 Å². The maximum atomic E-state index is 13.3. The largest absolute Gasteiger partial charge is 0.340 e. The maximum absolute atomic E-state index is 13.3. The fraction of sp³-hybridized carbons (Fsp3) is 0.438. The predicted molar refractivity (Wildman–Crippen MR) is 79.9 cm³/mol. The average Bonchev–Trinajstić information content (AvgIpc) is 2.48. The monoisotopic (exact) mass is 289 g/mol. The van der Waals surface area contributed by atoms with Gasteiger partial charge in [0.1, 0.15) is 5.82 Å². The molecule has 1 aromatic rings. The quantitative estimate of drug-likeness (QED) is 0.819. The Morgan fingerprint density at radius 1 is 1.33 bits per heavy atom. The summed E-state index contributed by atoms with van der Waals surface area (Å²) < 4.78 is 13.3. The number of carbonyl (C=O) groups excluding carboxylic acids is 1. The fourth-order valence-electron chi connectivity index (χ4n) is 2.41. The molecule has 1 aliphatic rings. The molecule has 1 saturated heterocycles. The molecule has 1 fully saturated rings. The van der Waals surface area contributed by atoms with Crippen molar-refractivity contribution in [2.45, 2.75) is 13.5 Å². The van der Waals surface area contributed by atoms with Crippen LogP contribution in [0.1, 0.15) is 18.1 Å². The standard InChI is InChI=1S/C16H20FN3O/c1-13(21)20-9-7-19(8-10-20)12-15-4-5-16(17)11-14(15)3-2-6-18/h4-5,11H,6-10,12,18H2,1H3. The minimum Gasteiger partial charge on any atom is -0.340 e. The highest BCUT2D eigenvalue weighted by Crippen LogP contribution is 2.14. The van der Waals surface area contributed by atoms with E-state index in [4.69, 9.17) is 5.73 Å². The molecule has 112 valence electrons. The number of hydrogen-bond donors (Lipinski definition) is 1. The lowest BCUT2D eigenvalue weighted by Crippen LogP contribution is -2.47. The third kappa shape index (κ3) is 4.28. The van der Waals surface area contributed by atoms with Crippen molar-refractivity contribution in [3.8, 4) is 11.8 Å². The lowest BCUT2D eigenvalue weighted by Gasteiger charge is -2.34. The second-order valence-electron chi connectivity index (χ2n) is 5.09. The van der Waals surface area contributed by atoms with Crippen molar-refractivity contribution < 1.29 is 9.18 Å². The first-order valence-electron chi connectivity index (χ1n) is 7.05. The SMILES string of the molecule is CC(=O)N1CCN(Cc2ccc(F)cc2C#CCN)CC1. The second-order valence-corrected chi connectivity index (χ2v) is 5.09. The van der Waals surface area contributed by atoms with Crippen molar-refractivity contribution >= 4 is 5.91 Å². The molecule has 21 heavy (non-hydrogen) atoms. The summed E-state index contributed by atoms with van der Waals surface area (Å²) in [6.07, 6.45) is 0. The van der Waals surface area contributed by atoms with Gasteiger partial charge in [-0.3, -0.25) is 9.69 Å². The third-order valence-electron chi connectivity index (χ3n) is 3.61. The summed E-state index contributed by atoms with van der Waals surface area (Å²) >= 11 is 0. The van der Waals surface area contributed by atoms with Crippen LogP contribution in [0.3, 0.4) is 0 Å². The van der Waals surface area contributed by atoms with Crippen LogP contribution in [-0.2, 0) is 11.3 Å². The summed E-state index contributed by atoms with van der Waals surface area (Å²) in [7, 11) is 0. The molecule has 0 radical (unpaired) electrons. The van der Waals surface area contributed by atoms with Gasteiger partial charge in [-0.05, 0) is 17.7 Å². The number of halogens is 1. The molecule has 0 bridgehead atoms. The van der Waals surface area contributed by atoms with Crippen LogP contribution in [0.5, 0.6) is 0 Å². The van der Waals surface area contributed by atoms with Gasteiger partial charge in [-0.25, -0.2) is 4.39 Å². The first-order chi connectivity index (χ1) is 10.1. The van der Waals surface area contributed by atoms with Gasteiger partial charge in [0, 0.05) is 45.2 Å². The van der Waals surface area contributed by atoms with E-state index >= 15 is 0 Å². The Balaban J connectivity index is 2.05. The highest BCUT2D eigenvalue weighted by molar-refractivity contribution is 5.73. The highest BCUT2D eigenvalue weighted by atomic mass is 19.1. The lowest BCUT2D eigenvalue weighted by molar-refractivity contribution is -0.130. The number of piperazine rings is 1. The molecule has 0 atom stereocenters. The van der Waals surface area contributed by atoms with E-state index in [9.17, 15) is 9.18 Å². The highest BCUT2D eigenvalue weighted by Gasteiger charge is 2.19. The Labute approximate surface area is 124 Å². The smallest absolute Gasteiger partial charge is 0.219 e. The van der Waals surface area contributed by atoms with E-state index in [2.05, 4.69) is 16.7 Å². The van der Waals surface area contributed by atoms with Crippen molar-refractivity contribution in [1.82, 2.24) is 9.80 Å². The zero-order chi connectivity index (χ0) is 15.2. The van der Waals surface area contributed by atoms with Gasteiger partial charge in [0.15, 0.2) is 0 Å². The van der Waals surface area contributed by atoms with E-state index in [0.29, 0.717) is 12.1 Å². The molecule has 0 aliphatic carbocycles. The molecule has 0 saturated carbocycles. The molecule has 2 N–H and O–H groups in total. The van der Waals surface area contributed by atoms with Crippen LogP contribution < -0.4 is 5.73 Å². The number of benzene rings is 1. The van der Waals surface area contributed by atoms with Gasteiger partial charge >= 0.3 is 0 Å². The summed E-state index contributed by atoms with van der Waals surface area (Å²) in [5.74, 6) is 5.52. The van der Waals surface area contributed by atoms with E-state index in [0.717, 1.165) is 31.7 Å². The number of hydrogen-bond acceptors (Lipinski definition) is 3. The van der Waals surface area contributed by atoms with Gasteiger partial charge in [-0.2, -0.15) is 0 Å². The van der Waals surface area contributed by atoms with Gasteiger partial charge < -0.3 is 10.6 Å². The maximum Gasteiger partial charge on any atom is 0.219 e. The minimum absolute atomic E-state index is 0.117. The van der Waals surface area contributed by atoms with Gasteiger partial charge in [0.05, 0.1) is 6.54 Å². The minimum atomic E-state index is -0.290. The van der Waals surface area contributed by atoms with Crippen LogP contribution in [-0.4, -0.2) is 48.4 Å². The van der Waals surface area contributed by atoms with E-state index in [1.54, 1.807) is 13.0 Å². The average molecular weight is 289 g/mol. The number of nitrogens with zero attached hydrogens (tertiary/aromatic N) is 2. The van der Waals surface area contributed by atoms with Crippen molar-refractivity contribution in [2.75, 3.05) is 32.7 Å². The molecule has 1 heterocycles. The Hall–Kier alpha value is -1.90. The number of carbonyl (C=O) groups is 1. The summed E-state index contributed by atoms with van der Waals surface area (Å²) in [5.41, 5.74) is 7.06. The Morgan fingerprint density at radius 3 is 2.67 bits per heavy atom. The van der Waals surface area contributed by atoms with Gasteiger partial charge in [0.2, 0.25) is 5.91 Å². The summed E-state index contributed by atoms with van der Waals surface area (Å²) in [6, 6.07) is 4.67. The molecule has 2 rings (SSSR count). The van der Waals surface area contributed by atoms with Gasteiger partial charge in [-0.1, -0.05) is 17.9 Å². The molecule has 4 nitrogen and oxygen atoms in total. The molecule has 1 aromatic carbocycles. The van der Waals surface area contributed by atoms with Crippen LogP contribution in [0.15, 0.2) is 18.2 Å². The van der Waals surface area contributed by atoms with Crippen LogP contribution in [0, 0.1) is 17.7 Å². The number of nitrogens with two attached hydrogens (primary N) is 1. The third-order valence-corrected chi connectivity index (χ3v) is 3.61.